The van der Waals surface area contributed by atoms with Gasteiger partial charge in [0.1, 0.15) is 17.2 Å². The molecule has 1 aliphatic heterocycles. The number of imidazole rings is 1. The SMILES string of the molecule is N#Cc1ccn2c(-c3cncc(NC4CNCC4C4CC4)n3)cnc2c1. The van der Waals surface area contributed by atoms with Gasteiger partial charge in [-0.3, -0.25) is 9.38 Å². The fraction of sp³-hybridized carbons (Fsp3) is 0.368. The van der Waals surface area contributed by atoms with Gasteiger partial charge in [0.2, 0.25) is 0 Å². The van der Waals surface area contributed by atoms with Crippen molar-refractivity contribution in [2.24, 2.45) is 11.8 Å². The fourth-order valence-electron chi connectivity index (χ4n) is 3.87. The van der Waals surface area contributed by atoms with E-state index in [1.807, 2.05) is 10.6 Å². The van der Waals surface area contributed by atoms with Gasteiger partial charge in [0.15, 0.2) is 0 Å². The number of rotatable bonds is 4. The van der Waals surface area contributed by atoms with Crippen LogP contribution in [-0.2, 0) is 0 Å². The minimum Gasteiger partial charge on any atom is -0.364 e. The van der Waals surface area contributed by atoms with Gasteiger partial charge in [-0.15, -0.1) is 0 Å². The second kappa shape index (κ2) is 6.07. The number of nitrogens with zero attached hydrogens (tertiary/aromatic N) is 5. The number of pyridine rings is 1. The number of anilines is 1. The molecular weight excluding hydrogens is 326 g/mol. The first kappa shape index (κ1) is 15.3. The van der Waals surface area contributed by atoms with Crippen molar-refractivity contribution in [2.45, 2.75) is 18.9 Å². The van der Waals surface area contributed by atoms with Crippen LogP contribution < -0.4 is 10.6 Å². The van der Waals surface area contributed by atoms with Crippen LogP contribution in [0.5, 0.6) is 0 Å². The molecule has 5 rings (SSSR count). The summed E-state index contributed by atoms with van der Waals surface area (Å²) in [6, 6.07) is 6.09. The van der Waals surface area contributed by atoms with Crippen molar-refractivity contribution in [1.82, 2.24) is 24.7 Å². The highest BCUT2D eigenvalue weighted by Crippen LogP contribution is 2.40. The highest BCUT2D eigenvalue weighted by Gasteiger charge is 2.39. The van der Waals surface area contributed by atoms with E-state index in [4.69, 9.17) is 10.2 Å². The third kappa shape index (κ3) is 2.68. The summed E-state index contributed by atoms with van der Waals surface area (Å²) in [5, 5.41) is 16.1. The summed E-state index contributed by atoms with van der Waals surface area (Å²) in [6.07, 6.45) is 9.85. The first-order valence-corrected chi connectivity index (χ1v) is 8.99. The maximum Gasteiger partial charge on any atom is 0.145 e. The van der Waals surface area contributed by atoms with Crippen LogP contribution in [0.2, 0.25) is 0 Å². The van der Waals surface area contributed by atoms with E-state index in [1.54, 1.807) is 30.7 Å². The van der Waals surface area contributed by atoms with Crippen LogP contribution in [0.1, 0.15) is 18.4 Å². The van der Waals surface area contributed by atoms with Gasteiger partial charge >= 0.3 is 0 Å². The Hall–Kier alpha value is -2.98. The van der Waals surface area contributed by atoms with Gasteiger partial charge in [-0.2, -0.15) is 5.26 Å². The van der Waals surface area contributed by atoms with Gasteiger partial charge in [-0.25, -0.2) is 9.97 Å². The van der Waals surface area contributed by atoms with Crippen LogP contribution in [-0.4, -0.2) is 38.5 Å². The van der Waals surface area contributed by atoms with Crippen molar-refractivity contribution in [1.29, 1.82) is 5.26 Å². The zero-order chi connectivity index (χ0) is 17.5. The summed E-state index contributed by atoms with van der Waals surface area (Å²) < 4.78 is 1.93. The number of nitrogens with one attached hydrogen (secondary N) is 2. The molecule has 7 heteroatoms. The molecule has 0 spiro atoms. The topological polar surface area (TPSA) is 90.9 Å². The van der Waals surface area contributed by atoms with E-state index in [2.05, 4.69) is 26.7 Å². The van der Waals surface area contributed by atoms with Crippen LogP contribution in [0.15, 0.2) is 36.9 Å². The van der Waals surface area contributed by atoms with Crippen molar-refractivity contribution in [3.05, 3.63) is 42.5 Å². The molecule has 0 radical (unpaired) electrons. The number of hydrogen-bond acceptors (Lipinski definition) is 6. The molecule has 4 heterocycles. The maximum absolute atomic E-state index is 9.04. The highest BCUT2D eigenvalue weighted by molar-refractivity contribution is 5.62. The average molecular weight is 345 g/mol. The van der Waals surface area contributed by atoms with Gasteiger partial charge in [0.25, 0.3) is 0 Å². The standard InChI is InChI=1S/C19H19N7/c20-6-12-3-4-26-17(10-23-19(26)5-12)16-9-22-11-18(25-16)24-15-8-21-7-14(15)13-1-2-13/h3-5,9-11,13-15,21H,1-2,7-8H2,(H,24,25). The summed E-state index contributed by atoms with van der Waals surface area (Å²) >= 11 is 0. The third-order valence-electron chi connectivity index (χ3n) is 5.36. The monoisotopic (exact) mass is 345 g/mol. The number of aromatic nitrogens is 4. The minimum atomic E-state index is 0.410. The first-order valence-electron chi connectivity index (χ1n) is 8.99. The van der Waals surface area contributed by atoms with Crippen molar-refractivity contribution in [3.63, 3.8) is 0 Å². The molecule has 2 atom stereocenters. The largest absolute Gasteiger partial charge is 0.364 e. The Balaban J connectivity index is 1.44. The summed E-state index contributed by atoms with van der Waals surface area (Å²) in [7, 11) is 0. The van der Waals surface area contributed by atoms with Crippen LogP contribution in [0.25, 0.3) is 17.0 Å². The van der Waals surface area contributed by atoms with Crippen molar-refractivity contribution < 1.29 is 0 Å². The summed E-state index contributed by atoms with van der Waals surface area (Å²) in [5.74, 6) is 2.33. The van der Waals surface area contributed by atoms with E-state index in [1.165, 1.54) is 12.8 Å². The minimum absolute atomic E-state index is 0.410. The molecule has 3 aromatic heterocycles. The Labute approximate surface area is 151 Å². The van der Waals surface area contributed by atoms with Crippen LogP contribution in [0.3, 0.4) is 0 Å². The molecule has 1 aliphatic carbocycles. The molecule has 26 heavy (non-hydrogen) atoms. The summed E-state index contributed by atoms with van der Waals surface area (Å²) in [4.78, 5) is 13.5. The van der Waals surface area contributed by atoms with Gasteiger partial charge in [0, 0.05) is 25.3 Å². The number of nitriles is 1. The predicted molar refractivity (Wildman–Crippen MR) is 97.4 cm³/mol. The molecule has 130 valence electrons. The number of hydrogen-bond donors (Lipinski definition) is 2. The van der Waals surface area contributed by atoms with Crippen molar-refractivity contribution in [2.75, 3.05) is 18.4 Å². The first-order chi connectivity index (χ1) is 12.8. The molecule has 0 aromatic carbocycles. The number of fused-ring (bicyclic) bond motifs is 1. The molecule has 7 nitrogen and oxygen atoms in total. The predicted octanol–water partition coefficient (Wildman–Crippen LogP) is 2.07. The Bertz CT molecular complexity index is 999. The molecule has 2 fully saturated rings. The molecule has 1 saturated carbocycles. The zero-order valence-electron chi connectivity index (χ0n) is 14.3. The van der Waals surface area contributed by atoms with E-state index in [0.717, 1.165) is 41.9 Å². The van der Waals surface area contributed by atoms with E-state index in [9.17, 15) is 0 Å². The molecule has 0 amide bonds. The van der Waals surface area contributed by atoms with Crippen molar-refractivity contribution >= 4 is 11.5 Å². The lowest BCUT2D eigenvalue weighted by Gasteiger charge is -2.20. The Kier molecular flexibility index (Phi) is 3.57. The molecular formula is C19H19N7. The van der Waals surface area contributed by atoms with E-state index < -0.39 is 0 Å². The molecule has 1 saturated heterocycles. The molecule has 3 aromatic rings. The van der Waals surface area contributed by atoms with E-state index in [0.29, 0.717) is 17.5 Å². The third-order valence-corrected chi connectivity index (χ3v) is 5.36. The van der Waals surface area contributed by atoms with E-state index >= 15 is 0 Å². The fourth-order valence-corrected chi connectivity index (χ4v) is 3.87. The van der Waals surface area contributed by atoms with Crippen molar-refractivity contribution in [3.8, 4) is 17.5 Å². The second-order valence-electron chi connectivity index (χ2n) is 7.10. The quantitative estimate of drug-likeness (QED) is 0.752. The lowest BCUT2D eigenvalue weighted by molar-refractivity contribution is 0.473. The van der Waals surface area contributed by atoms with Gasteiger partial charge < -0.3 is 10.6 Å². The Morgan fingerprint density at radius 1 is 1.23 bits per heavy atom. The lowest BCUT2D eigenvalue weighted by Crippen LogP contribution is -2.30. The molecule has 2 unspecified atom stereocenters. The summed E-state index contributed by atoms with van der Waals surface area (Å²) in [5.41, 5.74) is 2.95. The van der Waals surface area contributed by atoms with Crippen LogP contribution in [0.4, 0.5) is 5.82 Å². The molecule has 0 bridgehead atoms. The van der Waals surface area contributed by atoms with Gasteiger partial charge in [-0.05, 0) is 36.8 Å². The Morgan fingerprint density at radius 2 is 2.15 bits per heavy atom. The summed E-state index contributed by atoms with van der Waals surface area (Å²) in [6.45, 7) is 2.06. The molecule has 2 N–H and O–H groups in total. The lowest BCUT2D eigenvalue weighted by atomic mass is 9.98. The molecule has 2 aliphatic rings. The van der Waals surface area contributed by atoms with Crippen LogP contribution >= 0.6 is 0 Å². The van der Waals surface area contributed by atoms with Gasteiger partial charge in [-0.1, -0.05) is 0 Å². The highest BCUT2D eigenvalue weighted by atomic mass is 15.1. The van der Waals surface area contributed by atoms with Gasteiger partial charge in [0.05, 0.1) is 35.9 Å². The van der Waals surface area contributed by atoms with E-state index in [-0.39, 0.29) is 0 Å². The smallest absolute Gasteiger partial charge is 0.145 e. The van der Waals surface area contributed by atoms with Crippen LogP contribution in [0, 0.1) is 23.2 Å². The maximum atomic E-state index is 9.04. The second-order valence-corrected chi connectivity index (χ2v) is 7.10. The zero-order valence-corrected chi connectivity index (χ0v) is 14.3. The Morgan fingerprint density at radius 3 is 3.00 bits per heavy atom. The normalized spacial score (nSPS) is 22.4. The average Bonchev–Trinajstić information content (AvgIpc) is 3.26.